The van der Waals surface area contributed by atoms with E-state index in [1.807, 2.05) is 6.20 Å². The lowest BCUT2D eigenvalue weighted by Gasteiger charge is -2.13. The number of hydrogen-bond acceptors (Lipinski definition) is 2. The van der Waals surface area contributed by atoms with Gasteiger partial charge in [0.05, 0.1) is 0 Å². The van der Waals surface area contributed by atoms with Crippen LogP contribution in [0.5, 0.6) is 0 Å². The van der Waals surface area contributed by atoms with Crippen molar-refractivity contribution in [3.8, 4) is 0 Å². The second kappa shape index (κ2) is 4.56. The molecular formula is C12H18N2. The molecule has 0 radical (unpaired) electrons. The summed E-state index contributed by atoms with van der Waals surface area (Å²) in [5.41, 5.74) is 2.47. The fourth-order valence-corrected chi connectivity index (χ4v) is 1.93. The Bertz CT molecular complexity index is 273. The van der Waals surface area contributed by atoms with Crippen LogP contribution in [0.2, 0.25) is 0 Å². The number of likely N-dealkylation sites (tertiary alicyclic amines) is 1. The topological polar surface area (TPSA) is 16.1 Å². The van der Waals surface area contributed by atoms with E-state index in [2.05, 4.69) is 28.9 Å². The number of pyridine rings is 1. The first kappa shape index (κ1) is 9.66. The summed E-state index contributed by atoms with van der Waals surface area (Å²) in [5, 5.41) is 0. The minimum atomic E-state index is 1.10. The van der Waals surface area contributed by atoms with Crippen molar-refractivity contribution in [2.75, 3.05) is 19.6 Å². The van der Waals surface area contributed by atoms with E-state index in [9.17, 15) is 0 Å². The molecule has 2 heteroatoms. The summed E-state index contributed by atoms with van der Waals surface area (Å²) in [6.07, 6.45) is 5.81. The van der Waals surface area contributed by atoms with Crippen molar-refractivity contribution in [3.63, 3.8) is 0 Å². The fourth-order valence-electron chi connectivity index (χ4n) is 1.93. The molecule has 0 aliphatic carbocycles. The lowest BCUT2D eigenvalue weighted by atomic mass is 10.2. The molecule has 0 amide bonds. The van der Waals surface area contributed by atoms with Crippen molar-refractivity contribution in [3.05, 3.63) is 29.6 Å². The molecule has 2 nitrogen and oxygen atoms in total. The van der Waals surface area contributed by atoms with Gasteiger partial charge in [0.25, 0.3) is 0 Å². The molecule has 1 aromatic rings. The smallest absolute Gasteiger partial charge is 0.0416 e. The Morgan fingerprint density at radius 2 is 2.07 bits per heavy atom. The lowest BCUT2D eigenvalue weighted by molar-refractivity contribution is 0.342. The van der Waals surface area contributed by atoms with E-state index in [0.29, 0.717) is 0 Å². The minimum absolute atomic E-state index is 1.10. The van der Waals surface area contributed by atoms with Crippen molar-refractivity contribution in [1.29, 1.82) is 0 Å². The average molecular weight is 190 g/mol. The zero-order valence-electron chi connectivity index (χ0n) is 8.87. The van der Waals surface area contributed by atoms with Gasteiger partial charge in [-0.15, -0.1) is 0 Å². The summed E-state index contributed by atoms with van der Waals surface area (Å²) in [6, 6.07) is 4.29. The fraction of sp³-hybridized carbons (Fsp3) is 0.583. The predicted molar refractivity (Wildman–Crippen MR) is 58.4 cm³/mol. The summed E-state index contributed by atoms with van der Waals surface area (Å²) in [6.45, 7) is 5.82. The summed E-state index contributed by atoms with van der Waals surface area (Å²) in [4.78, 5) is 6.94. The van der Waals surface area contributed by atoms with Crippen LogP contribution in [0, 0.1) is 6.92 Å². The van der Waals surface area contributed by atoms with E-state index in [4.69, 9.17) is 0 Å². The monoisotopic (exact) mass is 190 g/mol. The van der Waals surface area contributed by atoms with Gasteiger partial charge >= 0.3 is 0 Å². The third kappa shape index (κ3) is 2.55. The Kier molecular flexibility index (Phi) is 3.14. The highest BCUT2D eigenvalue weighted by atomic mass is 15.1. The summed E-state index contributed by atoms with van der Waals surface area (Å²) < 4.78 is 0. The van der Waals surface area contributed by atoms with Gasteiger partial charge in [0.2, 0.25) is 0 Å². The van der Waals surface area contributed by atoms with E-state index in [1.165, 1.54) is 43.7 Å². The Labute approximate surface area is 86.0 Å². The molecule has 0 spiro atoms. The molecule has 1 saturated heterocycles. The van der Waals surface area contributed by atoms with E-state index in [1.54, 1.807) is 0 Å². The first-order valence-electron chi connectivity index (χ1n) is 5.48. The summed E-state index contributed by atoms with van der Waals surface area (Å²) in [7, 11) is 0. The van der Waals surface area contributed by atoms with Gasteiger partial charge in [-0.1, -0.05) is 6.07 Å². The molecule has 2 rings (SSSR count). The molecule has 1 aromatic heterocycles. The largest absolute Gasteiger partial charge is 0.303 e. The quantitative estimate of drug-likeness (QED) is 0.725. The Morgan fingerprint density at radius 1 is 1.29 bits per heavy atom. The number of nitrogens with zero attached hydrogens (tertiary/aromatic N) is 2. The number of rotatable bonds is 3. The SMILES string of the molecule is Cc1ccc(CCN2CCCC2)nc1. The molecule has 76 valence electrons. The maximum atomic E-state index is 4.41. The number of hydrogen-bond donors (Lipinski definition) is 0. The highest BCUT2D eigenvalue weighted by Crippen LogP contribution is 2.08. The zero-order valence-corrected chi connectivity index (χ0v) is 8.87. The molecule has 0 saturated carbocycles. The van der Waals surface area contributed by atoms with Crippen molar-refractivity contribution in [2.24, 2.45) is 0 Å². The van der Waals surface area contributed by atoms with Crippen molar-refractivity contribution in [2.45, 2.75) is 26.2 Å². The molecule has 0 atom stereocenters. The molecule has 1 aliphatic heterocycles. The maximum Gasteiger partial charge on any atom is 0.0416 e. The molecule has 0 unspecified atom stereocenters. The number of aromatic nitrogens is 1. The van der Waals surface area contributed by atoms with E-state index >= 15 is 0 Å². The van der Waals surface area contributed by atoms with Crippen LogP contribution in [-0.2, 0) is 6.42 Å². The normalized spacial score (nSPS) is 17.5. The maximum absolute atomic E-state index is 4.41. The predicted octanol–water partition coefficient (Wildman–Crippen LogP) is 2.03. The zero-order chi connectivity index (χ0) is 9.80. The molecule has 2 heterocycles. The average Bonchev–Trinajstić information content (AvgIpc) is 2.70. The van der Waals surface area contributed by atoms with Gasteiger partial charge in [-0.3, -0.25) is 4.98 Å². The van der Waals surface area contributed by atoms with Crippen LogP contribution < -0.4 is 0 Å². The molecule has 0 N–H and O–H groups in total. The van der Waals surface area contributed by atoms with Gasteiger partial charge in [-0.05, 0) is 44.5 Å². The molecule has 1 aliphatic rings. The van der Waals surface area contributed by atoms with Crippen molar-refractivity contribution in [1.82, 2.24) is 9.88 Å². The summed E-state index contributed by atoms with van der Waals surface area (Å²) in [5.74, 6) is 0. The van der Waals surface area contributed by atoms with Gasteiger partial charge in [0, 0.05) is 24.9 Å². The Hall–Kier alpha value is -0.890. The van der Waals surface area contributed by atoms with Gasteiger partial charge < -0.3 is 4.90 Å². The summed E-state index contributed by atoms with van der Waals surface area (Å²) >= 11 is 0. The van der Waals surface area contributed by atoms with Crippen LogP contribution in [0.3, 0.4) is 0 Å². The molecule has 0 aromatic carbocycles. The third-order valence-electron chi connectivity index (χ3n) is 2.86. The first-order valence-corrected chi connectivity index (χ1v) is 5.48. The van der Waals surface area contributed by atoms with E-state index < -0.39 is 0 Å². The van der Waals surface area contributed by atoms with Crippen LogP contribution in [0.1, 0.15) is 24.1 Å². The molecule has 0 bridgehead atoms. The Balaban J connectivity index is 1.82. The first-order chi connectivity index (χ1) is 6.84. The minimum Gasteiger partial charge on any atom is -0.303 e. The van der Waals surface area contributed by atoms with Crippen LogP contribution in [0.15, 0.2) is 18.3 Å². The van der Waals surface area contributed by atoms with Crippen LogP contribution >= 0.6 is 0 Å². The van der Waals surface area contributed by atoms with Gasteiger partial charge in [-0.25, -0.2) is 0 Å². The molecule has 1 fully saturated rings. The van der Waals surface area contributed by atoms with Crippen LogP contribution in [0.4, 0.5) is 0 Å². The third-order valence-corrected chi connectivity index (χ3v) is 2.86. The molecular weight excluding hydrogens is 172 g/mol. The van der Waals surface area contributed by atoms with Crippen molar-refractivity contribution < 1.29 is 0 Å². The van der Waals surface area contributed by atoms with Crippen LogP contribution in [-0.4, -0.2) is 29.5 Å². The molecule has 14 heavy (non-hydrogen) atoms. The van der Waals surface area contributed by atoms with Crippen molar-refractivity contribution >= 4 is 0 Å². The number of aryl methyl sites for hydroxylation is 1. The van der Waals surface area contributed by atoms with Crippen LogP contribution in [0.25, 0.3) is 0 Å². The standard InChI is InChI=1S/C12H18N2/c1-11-4-5-12(13-10-11)6-9-14-7-2-3-8-14/h4-5,10H,2-3,6-9H2,1H3. The van der Waals surface area contributed by atoms with E-state index in [0.717, 1.165) is 6.42 Å². The van der Waals surface area contributed by atoms with Gasteiger partial charge in [-0.2, -0.15) is 0 Å². The lowest BCUT2D eigenvalue weighted by Crippen LogP contribution is -2.22. The second-order valence-electron chi connectivity index (χ2n) is 4.13. The second-order valence-corrected chi connectivity index (χ2v) is 4.13. The van der Waals surface area contributed by atoms with E-state index in [-0.39, 0.29) is 0 Å². The van der Waals surface area contributed by atoms with Gasteiger partial charge in [0.15, 0.2) is 0 Å². The highest BCUT2D eigenvalue weighted by Gasteiger charge is 2.10. The Morgan fingerprint density at radius 3 is 2.71 bits per heavy atom. The highest BCUT2D eigenvalue weighted by molar-refractivity contribution is 5.12. The van der Waals surface area contributed by atoms with Gasteiger partial charge in [0.1, 0.15) is 0 Å².